The van der Waals surface area contributed by atoms with Crippen LogP contribution in [0.5, 0.6) is 0 Å². The summed E-state index contributed by atoms with van der Waals surface area (Å²) in [6.45, 7) is 2.91. The number of ether oxygens (including phenoxy) is 1. The standard InChI is InChI=1S/C18H21NO/c1-13-6-2-4-8-15(13)17(19)12-18-16-9-5-3-7-14(16)10-11-20-18/h2-9,17-18H,10-12,19H2,1H3. The van der Waals surface area contributed by atoms with Gasteiger partial charge >= 0.3 is 0 Å². The lowest BCUT2D eigenvalue weighted by Crippen LogP contribution is -2.22. The number of aryl methyl sites for hydroxylation is 1. The fourth-order valence-corrected chi connectivity index (χ4v) is 3.03. The Morgan fingerprint density at radius 2 is 1.90 bits per heavy atom. The lowest BCUT2D eigenvalue weighted by molar-refractivity contribution is 0.0319. The van der Waals surface area contributed by atoms with Gasteiger partial charge in [0, 0.05) is 6.04 Å². The highest BCUT2D eigenvalue weighted by Crippen LogP contribution is 2.33. The number of benzene rings is 2. The van der Waals surface area contributed by atoms with Crippen molar-refractivity contribution in [3.8, 4) is 0 Å². The molecular formula is C18H21NO. The van der Waals surface area contributed by atoms with Gasteiger partial charge in [0.25, 0.3) is 0 Å². The van der Waals surface area contributed by atoms with Crippen LogP contribution in [0, 0.1) is 6.92 Å². The Morgan fingerprint density at radius 1 is 1.15 bits per heavy atom. The van der Waals surface area contributed by atoms with Crippen molar-refractivity contribution in [1.29, 1.82) is 0 Å². The minimum atomic E-state index is 0.0207. The molecule has 0 aromatic heterocycles. The SMILES string of the molecule is Cc1ccccc1C(N)CC1OCCc2ccccc21. The van der Waals surface area contributed by atoms with Crippen LogP contribution in [0.15, 0.2) is 48.5 Å². The first kappa shape index (κ1) is 13.3. The number of fused-ring (bicyclic) bond motifs is 1. The van der Waals surface area contributed by atoms with E-state index in [0.717, 1.165) is 19.4 Å². The summed E-state index contributed by atoms with van der Waals surface area (Å²) in [5, 5.41) is 0. The smallest absolute Gasteiger partial charge is 0.0845 e. The molecule has 2 unspecified atom stereocenters. The molecule has 2 N–H and O–H groups in total. The third-order valence-electron chi connectivity index (χ3n) is 4.15. The first-order chi connectivity index (χ1) is 9.75. The fourth-order valence-electron chi connectivity index (χ4n) is 3.03. The molecule has 0 spiro atoms. The molecule has 20 heavy (non-hydrogen) atoms. The zero-order valence-electron chi connectivity index (χ0n) is 11.9. The maximum absolute atomic E-state index is 6.40. The molecule has 104 valence electrons. The van der Waals surface area contributed by atoms with Crippen LogP contribution >= 0.6 is 0 Å². The van der Waals surface area contributed by atoms with Crippen molar-refractivity contribution >= 4 is 0 Å². The highest BCUT2D eigenvalue weighted by molar-refractivity contribution is 5.33. The van der Waals surface area contributed by atoms with Gasteiger partial charge in [-0.2, -0.15) is 0 Å². The highest BCUT2D eigenvalue weighted by Gasteiger charge is 2.23. The summed E-state index contributed by atoms with van der Waals surface area (Å²) < 4.78 is 5.96. The molecule has 2 aromatic rings. The minimum Gasteiger partial charge on any atom is -0.373 e. The molecule has 2 heteroatoms. The zero-order chi connectivity index (χ0) is 13.9. The van der Waals surface area contributed by atoms with Gasteiger partial charge in [0.2, 0.25) is 0 Å². The van der Waals surface area contributed by atoms with E-state index in [-0.39, 0.29) is 12.1 Å². The molecule has 0 radical (unpaired) electrons. The fraction of sp³-hybridized carbons (Fsp3) is 0.333. The highest BCUT2D eigenvalue weighted by atomic mass is 16.5. The van der Waals surface area contributed by atoms with Gasteiger partial charge in [0.05, 0.1) is 12.7 Å². The Balaban J connectivity index is 1.81. The molecule has 0 aliphatic carbocycles. The third kappa shape index (κ3) is 2.62. The quantitative estimate of drug-likeness (QED) is 0.920. The lowest BCUT2D eigenvalue weighted by Gasteiger charge is -2.28. The number of rotatable bonds is 3. The van der Waals surface area contributed by atoms with E-state index in [1.807, 2.05) is 0 Å². The Morgan fingerprint density at radius 3 is 2.75 bits per heavy atom. The van der Waals surface area contributed by atoms with E-state index in [4.69, 9.17) is 10.5 Å². The minimum absolute atomic E-state index is 0.0207. The molecule has 0 amide bonds. The van der Waals surface area contributed by atoms with E-state index >= 15 is 0 Å². The van der Waals surface area contributed by atoms with E-state index in [1.54, 1.807) is 0 Å². The Labute approximate surface area is 120 Å². The predicted molar refractivity (Wildman–Crippen MR) is 81.6 cm³/mol. The maximum atomic E-state index is 6.40. The molecular weight excluding hydrogens is 246 g/mol. The summed E-state index contributed by atoms with van der Waals surface area (Å²) in [6, 6.07) is 16.9. The summed E-state index contributed by atoms with van der Waals surface area (Å²) >= 11 is 0. The van der Waals surface area contributed by atoms with Crippen molar-refractivity contribution in [2.75, 3.05) is 6.61 Å². The first-order valence-electron chi connectivity index (χ1n) is 7.26. The van der Waals surface area contributed by atoms with Crippen molar-refractivity contribution in [1.82, 2.24) is 0 Å². The monoisotopic (exact) mass is 267 g/mol. The second kappa shape index (κ2) is 5.78. The van der Waals surface area contributed by atoms with Gasteiger partial charge in [-0.1, -0.05) is 48.5 Å². The molecule has 0 fully saturated rings. The molecule has 1 aliphatic rings. The van der Waals surface area contributed by atoms with E-state index in [0.29, 0.717) is 0 Å². The number of hydrogen-bond acceptors (Lipinski definition) is 2. The van der Waals surface area contributed by atoms with Crippen molar-refractivity contribution in [3.05, 3.63) is 70.8 Å². The molecule has 0 saturated heterocycles. The Bertz CT molecular complexity index is 593. The summed E-state index contributed by atoms with van der Waals surface area (Å²) in [5.74, 6) is 0. The molecule has 1 aliphatic heterocycles. The van der Waals surface area contributed by atoms with Gasteiger partial charge in [-0.25, -0.2) is 0 Å². The van der Waals surface area contributed by atoms with Gasteiger partial charge in [-0.05, 0) is 42.0 Å². The first-order valence-corrected chi connectivity index (χ1v) is 7.26. The normalized spacial score (nSPS) is 19.4. The van der Waals surface area contributed by atoms with E-state index in [9.17, 15) is 0 Å². The average Bonchev–Trinajstić information content (AvgIpc) is 2.48. The van der Waals surface area contributed by atoms with Gasteiger partial charge < -0.3 is 10.5 Å². The number of hydrogen-bond donors (Lipinski definition) is 1. The van der Waals surface area contributed by atoms with Gasteiger partial charge in [-0.3, -0.25) is 0 Å². The molecule has 0 bridgehead atoms. The second-order valence-corrected chi connectivity index (χ2v) is 5.51. The summed E-state index contributed by atoms with van der Waals surface area (Å²) in [5.41, 5.74) is 11.6. The van der Waals surface area contributed by atoms with Crippen LogP contribution in [0.25, 0.3) is 0 Å². The van der Waals surface area contributed by atoms with Gasteiger partial charge in [-0.15, -0.1) is 0 Å². The van der Waals surface area contributed by atoms with Gasteiger partial charge in [0.1, 0.15) is 0 Å². The van der Waals surface area contributed by atoms with E-state index < -0.39 is 0 Å². The topological polar surface area (TPSA) is 35.2 Å². The van der Waals surface area contributed by atoms with Crippen molar-refractivity contribution < 1.29 is 4.74 Å². The molecule has 0 saturated carbocycles. The third-order valence-corrected chi connectivity index (χ3v) is 4.15. The largest absolute Gasteiger partial charge is 0.373 e. The summed E-state index contributed by atoms with van der Waals surface area (Å²) in [7, 11) is 0. The van der Waals surface area contributed by atoms with Crippen molar-refractivity contribution in [2.24, 2.45) is 5.73 Å². The maximum Gasteiger partial charge on any atom is 0.0845 e. The van der Waals surface area contributed by atoms with Crippen LogP contribution in [0.4, 0.5) is 0 Å². The molecule has 2 aromatic carbocycles. The van der Waals surface area contributed by atoms with Crippen LogP contribution in [0.1, 0.15) is 40.8 Å². The Hall–Kier alpha value is -1.64. The number of nitrogens with two attached hydrogens (primary N) is 1. The van der Waals surface area contributed by atoms with Crippen LogP contribution in [-0.2, 0) is 11.2 Å². The predicted octanol–water partition coefficient (Wildman–Crippen LogP) is 3.70. The average molecular weight is 267 g/mol. The second-order valence-electron chi connectivity index (χ2n) is 5.51. The van der Waals surface area contributed by atoms with Crippen LogP contribution in [0.2, 0.25) is 0 Å². The van der Waals surface area contributed by atoms with E-state index in [2.05, 4.69) is 55.5 Å². The van der Waals surface area contributed by atoms with Gasteiger partial charge in [0.15, 0.2) is 0 Å². The summed E-state index contributed by atoms with van der Waals surface area (Å²) in [4.78, 5) is 0. The Kier molecular flexibility index (Phi) is 3.86. The lowest BCUT2D eigenvalue weighted by atomic mass is 9.90. The molecule has 2 nitrogen and oxygen atoms in total. The van der Waals surface area contributed by atoms with E-state index in [1.165, 1.54) is 22.3 Å². The van der Waals surface area contributed by atoms with Crippen LogP contribution < -0.4 is 5.73 Å². The van der Waals surface area contributed by atoms with Crippen molar-refractivity contribution in [3.63, 3.8) is 0 Å². The summed E-state index contributed by atoms with van der Waals surface area (Å²) in [6.07, 6.45) is 1.96. The van der Waals surface area contributed by atoms with Crippen LogP contribution in [-0.4, -0.2) is 6.61 Å². The molecule has 3 rings (SSSR count). The van der Waals surface area contributed by atoms with Crippen LogP contribution in [0.3, 0.4) is 0 Å². The zero-order valence-corrected chi connectivity index (χ0v) is 11.9. The molecule has 1 heterocycles. The molecule has 2 atom stereocenters. The van der Waals surface area contributed by atoms with Crippen molar-refractivity contribution in [2.45, 2.75) is 31.9 Å².